The average molecular weight is 278 g/mol. The lowest BCUT2D eigenvalue weighted by Crippen LogP contribution is -2.47. The Kier molecular flexibility index (Phi) is 5.02. The predicted molar refractivity (Wildman–Crippen MR) is 80.9 cm³/mol. The van der Waals surface area contributed by atoms with Gasteiger partial charge in [0.05, 0.1) is 6.10 Å². The monoisotopic (exact) mass is 278 g/mol. The van der Waals surface area contributed by atoms with Crippen LogP contribution in [0.1, 0.15) is 29.5 Å². The number of phenols is 1. The van der Waals surface area contributed by atoms with E-state index in [2.05, 4.69) is 17.0 Å². The van der Waals surface area contributed by atoms with Crippen molar-refractivity contribution in [1.82, 2.24) is 4.90 Å². The van der Waals surface area contributed by atoms with Crippen LogP contribution < -0.4 is 5.73 Å². The fraction of sp³-hybridized carbons (Fsp3) is 0.625. The lowest BCUT2D eigenvalue weighted by molar-refractivity contribution is 0.0102. The largest absolute Gasteiger partial charge is 0.507 e. The van der Waals surface area contributed by atoms with Crippen LogP contribution in [0, 0.1) is 13.8 Å². The minimum absolute atomic E-state index is 0.336. The van der Waals surface area contributed by atoms with Crippen LogP contribution in [0.5, 0.6) is 5.75 Å². The van der Waals surface area contributed by atoms with E-state index in [9.17, 15) is 5.11 Å². The molecule has 2 rings (SSSR count). The van der Waals surface area contributed by atoms with Gasteiger partial charge in [0.2, 0.25) is 0 Å². The molecule has 0 aromatic heterocycles. The SMILES string of the molecule is COC1CCN(Cc2cc(C)c(O)c(C)c2)C(CN)C1. The Morgan fingerprint density at radius 3 is 2.55 bits per heavy atom. The molecule has 1 aliphatic heterocycles. The van der Waals surface area contributed by atoms with Crippen molar-refractivity contribution in [3.8, 4) is 5.75 Å². The number of rotatable bonds is 4. The quantitative estimate of drug-likeness (QED) is 0.884. The number of hydrogen-bond donors (Lipinski definition) is 2. The van der Waals surface area contributed by atoms with Crippen LogP contribution in [-0.4, -0.2) is 42.4 Å². The Morgan fingerprint density at radius 2 is 2.00 bits per heavy atom. The number of methoxy groups -OCH3 is 1. The maximum atomic E-state index is 9.85. The highest BCUT2D eigenvalue weighted by Gasteiger charge is 2.27. The van der Waals surface area contributed by atoms with E-state index >= 15 is 0 Å². The molecule has 0 spiro atoms. The van der Waals surface area contributed by atoms with Gasteiger partial charge in [-0.05, 0) is 43.4 Å². The van der Waals surface area contributed by atoms with Crippen molar-refractivity contribution >= 4 is 0 Å². The highest BCUT2D eigenvalue weighted by Crippen LogP contribution is 2.26. The molecule has 2 atom stereocenters. The molecule has 0 amide bonds. The smallest absolute Gasteiger partial charge is 0.121 e. The van der Waals surface area contributed by atoms with Crippen LogP contribution in [0.2, 0.25) is 0 Å². The van der Waals surface area contributed by atoms with E-state index in [1.807, 2.05) is 13.8 Å². The number of nitrogens with zero attached hydrogens (tertiary/aromatic N) is 1. The Balaban J connectivity index is 2.09. The fourth-order valence-corrected chi connectivity index (χ4v) is 3.10. The van der Waals surface area contributed by atoms with Gasteiger partial charge >= 0.3 is 0 Å². The third kappa shape index (κ3) is 3.32. The van der Waals surface area contributed by atoms with E-state index in [4.69, 9.17) is 10.5 Å². The molecule has 4 nitrogen and oxygen atoms in total. The van der Waals surface area contributed by atoms with Gasteiger partial charge < -0.3 is 15.6 Å². The number of phenolic OH excluding ortho intramolecular Hbond substituents is 1. The summed E-state index contributed by atoms with van der Waals surface area (Å²) in [5.74, 6) is 0.405. The zero-order valence-corrected chi connectivity index (χ0v) is 12.7. The minimum atomic E-state index is 0.336. The van der Waals surface area contributed by atoms with Crippen molar-refractivity contribution < 1.29 is 9.84 Å². The summed E-state index contributed by atoms with van der Waals surface area (Å²) in [7, 11) is 1.78. The standard InChI is InChI=1S/C16H26N2O2/c1-11-6-13(7-12(2)16(11)19)10-18-5-4-15(20-3)8-14(18)9-17/h6-7,14-15,19H,4-5,8-10,17H2,1-3H3. The van der Waals surface area contributed by atoms with E-state index in [1.54, 1.807) is 7.11 Å². The van der Waals surface area contributed by atoms with E-state index in [0.29, 0.717) is 24.4 Å². The first-order valence-electron chi connectivity index (χ1n) is 7.31. The fourth-order valence-electron chi connectivity index (χ4n) is 3.10. The van der Waals surface area contributed by atoms with Gasteiger partial charge in [-0.3, -0.25) is 4.90 Å². The first-order valence-corrected chi connectivity index (χ1v) is 7.31. The summed E-state index contributed by atoms with van der Waals surface area (Å²) >= 11 is 0. The molecule has 1 saturated heterocycles. The molecule has 112 valence electrons. The number of likely N-dealkylation sites (tertiary alicyclic amines) is 1. The van der Waals surface area contributed by atoms with E-state index in [-0.39, 0.29) is 0 Å². The summed E-state index contributed by atoms with van der Waals surface area (Å²) in [4.78, 5) is 2.43. The second-order valence-corrected chi connectivity index (χ2v) is 5.82. The molecule has 0 bridgehead atoms. The molecule has 1 heterocycles. The van der Waals surface area contributed by atoms with Gasteiger partial charge in [0.25, 0.3) is 0 Å². The molecule has 0 saturated carbocycles. The van der Waals surface area contributed by atoms with Crippen molar-refractivity contribution in [1.29, 1.82) is 0 Å². The lowest BCUT2D eigenvalue weighted by Gasteiger charge is -2.38. The number of aryl methyl sites for hydroxylation is 2. The van der Waals surface area contributed by atoms with Crippen LogP contribution in [0.3, 0.4) is 0 Å². The molecule has 1 aromatic rings. The number of nitrogens with two attached hydrogens (primary N) is 1. The lowest BCUT2D eigenvalue weighted by atomic mass is 9.97. The number of hydrogen-bond acceptors (Lipinski definition) is 4. The topological polar surface area (TPSA) is 58.7 Å². The Hall–Kier alpha value is -1.10. The van der Waals surface area contributed by atoms with Gasteiger partial charge in [-0.25, -0.2) is 0 Å². The Morgan fingerprint density at radius 1 is 1.35 bits per heavy atom. The van der Waals surface area contributed by atoms with Gasteiger partial charge in [-0.2, -0.15) is 0 Å². The summed E-state index contributed by atoms with van der Waals surface area (Å²) in [6.07, 6.45) is 2.40. The van der Waals surface area contributed by atoms with Crippen LogP contribution in [-0.2, 0) is 11.3 Å². The Bertz CT molecular complexity index is 439. The highest BCUT2D eigenvalue weighted by atomic mass is 16.5. The number of ether oxygens (including phenoxy) is 1. The second-order valence-electron chi connectivity index (χ2n) is 5.82. The van der Waals surface area contributed by atoms with Crippen molar-refractivity contribution in [2.45, 2.75) is 45.4 Å². The maximum absolute atomic E-state index is 9.85. The van der Waals surface area contributed by atoms with Crippen LogP contribution in [0.25, 0.3) is 0 Å². The zero-order chi connectivity index (χ0) is 14.7. The van der Waals surface area contributed by atoms with Gasteiger partial charge in [-0.15, -0.1) is 0 Å². The van der Waals surface area contributed by atoms with Crippen LogP contribution >= 0.6 is 0 Å². The summed E-state index contributed by atoms with van der Waals surface area (Å²) in [6, 6.07) is 4.51. The molecule has 20 heavy (non-hydrogen) atoms. The summed E-state index contributed by atoms with van der Waals surface area (Å²) in [6.45, 7) is 6.46. The third-order valence-corrected chi connectivity index (χ3v) is 4.33. The number of benzene rings is 1. The van der Waals surface area contributed by atoms with Crippen molar-refractivity contribution in [3.05, 3.63) is 28.8 Å². The Labute approximate surface area is 121 Å². The molecule has 1 fully saturated rings. The second kappa shape index (κ2) is 6.57. The van der Waals surface area contributed by atoms with Gasteiger partial charge in [0, 0.05) is 32.8 Å². The van der Waals surface area contributed by atoms with Gasteiger partial charge in [0.1, 0.15) is 5.75 Å². The molecular weight excluding hydrogens is 252 g/mol. The van der Waals surface area contributed by atoms with Gasteiger partial charge in [-0.1, -0.05) is 12.1 Å². The molecule has 0 aliphatic carbocycles. The molecule has 0 radical (unpaired) electrons. The minimum Gasteiger partial charge on any atom is -0.507 e. The van der Waals surface area contributed by atoms with E-state index in [1.165, 1.54) is 5.56 Å². The summed E-state index contributed by atoms with van der Waals surface area (Å²) < 4.78 is 5.46. The summed E-state index contributed by atoms with van der Waals surface area (Å²) in [5, 5.41) is 9.85. The number of aromatic hydroxyl groups is 1. The first kappa shape index (κ1) is 15.3. The molecule has 3 N–H and O–H groups in total. The molecular formula is C16H26N2O2. The van der Waals surface area contributed by atoms with Crippen molar-refractivity contribution in [3.63, 3.8) is 0 Å². The van der Waals surface area contributed by atoms with Crippen LogP contribution in [0.15, 0.2) is 12.1 Å². The van der Waals surface area contributed by atoms with Gasteiger partial charge in [0.15, 0.2) is 0 Å². The van der Waals surface area contributed by atoms with E-state index in [0.717, 1.165) is 37.1 Å². The zero-order valence-electron chi connectivity index (χ0n) is 12.7. The maximum Gasteiger partial charge on any atom is 0.121 e. The first-order chi connectivity index (χ1) is 9.55. The highest BCUT2D eigenvalue weighted by molar-refractivity contribution is 5.42. The number of piperidine rings is 1. The molecule has 1 aliphatic rings. The van der Waals surface area contributed by atoms with Crippen molar-refractivity contribution in [2.24, 2.45) is 5.73 Å². The normalized spacial score (nSPS) is 24.0. The van der Waals surface area contributed by atoms with Crippen molar-refractivity contribution in [2.75, 3.05) is 20.2 Å². The average Bonchev–Trinajstić information content (AvgIpc) is 2.45. The summed E-state index contributed by atoms with van der Waals surface area (Å²) in [5.41, 5.74) is 9.04. The molecule has 1 aromatic carbocycles. The van der Waals surface area contributed by atoms with E-state index < -0.39 is 0 Å². The predicted octanol–water partition coefficient (Wildman–Crippen LogP) is 1.95. The molecule has 2 unspecified atom stereocenters. The van der Waals surface area contributed by atoms with Crippen LogP contribution in [0.4, 0.5) is 0 Å². The molecule has 4 heteroatoms. The third-order valence-electron chi connectivity index (χ3n) is 4.33.